The third-order valence-electron chi connectivity index (χ3n) is 8.87. The first kappa shape index (κ1) is 29.1. The normalized spacial score (nSPS) is 26.1. The monoisotopic (exact) mass is 550 g/mol. The van der Waals surface area contributed by atoms with E-state index in [2.05, 4.69) is 41.5 Å². The van der Waals surface area contributed by atoms with Crippen LogP contribution < -0.4 is 5.32 Å². The number of methoxy groups -OCH3 is 1. The van der Waals surface area contributed by atoms with Gasteiger partial charge in [0.25, 0.3) is 5.91 Å². The van der Waals surface area contributed by atoms with Crippen molar-refractivity contribution in [3.8, 4) is 0 Å². The number of aryl methyl sites for hydroxylation is 3. The number of ether oxygens (including phenoxy) is 3. The second kappa shape index (κ2) is 13.5. The number of piperidine rings is 1. The van der Waals surface area contributed by atoms with Crippen molar-refractivity contribution in [3.63, 3.8) is 0 Å². The molecule has 0 spiro atoms. The number of benzene rings is 1. The molecule has 1 N–H and O–H groups in total. The van der Waals surface area contributed by atoms with E-state index in [0.717, 1.165) is 75.9 Å². The lowest BCUT2D eigenvalue weighted by atomic mass is 9.95. The molecule has 8 heteroatoms. The third kappa shape index (κ3) is 7.08. The zero-order valence-electron chi connectivity index (χ0n) is 24.7. The molecule has 0 aliphatic carbocycles. The standard InChI is InChI=1S/C32H46N4O4/c1-21-7-5-8-24(19-21)29-10-6-9-26(40-29)11-12-27-22(2)31(34-23(3)33-27)32(37)36-16-13-25(14-17-36)35-28-15-18-39-20-30(28)38-4/h5,7-8,19,25-26,28-30,35H,6,9-18,20H2,1-4H3/t26-,28-,29+,30+/m1/s1. The lowest BCUT2D eigenvalue weighted by Gasteiger charge is -2.38. The van der Waals surface area contributed by atoms with Crippen LogP contribution in [0, 0.1) is 20.8 Å². The summed E-state index contributed by atoms with van der Waals surface area (Å²) in [5.41, 5.74) is 4.98. The average Bonchev–Trinajstić information content (AvgIpc) is 2.98. The van der Waals surface area contributed by atoms with Crippen molar-refractivity contribution in [2.45, 2.75) is 103 Å². The molecule has 3 aliphatic rings. The molecule has 2 aromatic rings. The van der Waals surface area contributed by atoms with Crippen molar-refractivity contribution in [2.75, 3.05) is 33.4 Å². The van der Waals surface area contributed by atoms with E-state index >= 15 is 0 Å². The molecule has 0 radical (unpaired) electrons. The summed E-state index contributed by atoms with van der Waals surface area (Å²) in [6, 6.07) is 9.35. The molecule has 40 heavy (non-hydrogen) atoms. The van der Waals surface area contributed by atoms with Crippen LogP contribution in [0.4, 0.5) is 0 Å². The molecule has 8 nitrogen and oxygen atoms in total. The number of nitrogens with zero attached hydrogens (tertiary/aromatic N) is 3. The molecule has 3 aliphatic heterocycles. The number of amides is 1. The predicted octanol–water partition coefficient (Wildman–Crippen LogP) is 4.64. The fourth-order valence-electron chi connectivity index (χ4n) is 6.50. The molecule has 218 valence electrons. The van der Waals surface area contributed by atoms with Crippen LogP contribution in [-0.4, -0.2) is 78.5 Å². The molecule has 4 atom stereocenters. The minimum Gasteiger partial charge on any atom is -0.379 e. The van der Waals surface area contributed by atoms with Gasteiger partial charge in [-0.3, -0.25) is 4.79 Å². The fraction of sp³-hybridized carbons (Fsp3) is 0.656. The van der Waals surface area contributed by atoms with Crippen molar-refractivity contribution in [2.24, 2.45) is 0 Å². The van der Waals surface area contributed by atoms with E-state index in [1.54, 1.807) is 7.11 Å². The minimum atomic E-state index is 0.0250. The Balaban J connectivity index is 1.17. The van der Waals surface area contributed by atoms with Crippen molar-refractivity contribution >= 4 is 5.91 Å². The summed E-state index contributed by atoms with van der Waals surface area (Å²) in [6.07, 6.45) is 8.26. The predicted molar refractivity (Wildman–Crippen MR) is 155 cm³/mol. The number of carbonyl (C=O) groups excluding carboxylic acids is 1. The van der Waals surface area contributed by atoms with Crippen LogP contribution in [0.1, 0.15) is 89.7 Å². The van der Waals surface area contributed by atoms with Gasteiger partial charge in [0.2, 0.25) is 0 Å². The first-order valence-corrected chi connectivity index (χ1v) is 15.1. The van der Waals surface area contributed by atoms with Gasteiger partial charge in [-0.15, -0.1) is 0 Å². The van der Waals surface area contributed by atoms with Gasteiger partial charge in [0, 0.05) is 50.1 Å². The van der Waals surface area contributed by atoms with Gasteiger partial charge in [0.05, 0.1) is 24.9 Å². The van der Waals surface area contributed by atoms with E-state index in [0.29, 0.717) is 30.2 Å². The Hall–Kier alpha value is -2.39. The van der Waals surface area contributed by atoms with Crippen molar-refractivity contribution in [3.05, 3.63) is 58.2 Å². The summed E-state index contributed by atoms with van der Waals surface area (Å²) in [4.78, 5) is 24.9. The fourth-order valence-corrected chi connectivity index (χ4v) is 6.50. The zero-order valence-corrected chi connectivity index (χ0v) is 24.7. The third-order valence-corrected chi connectivity index (χ3v) is 8.87. The lowest BCUT2D eigenvalue weighted by Crippen LogP contribution is -2.54. The average molecular weight is 551 g/mol. The van der Waals surface area contributed by atoms with E-state index < -0.39 is 0 Å². The van der Waals surface area contributed by atoms with Gasteiger partial charge in [0.1, 0.15) is 11.5 Å². The van der Waals surface area contributed by atoms with Gasteiger partial charge in [0.15, 0.2) is 0 Å². The van der Waals surface area contributed by atoms with Gasteiger partial charge in [-0.2, -0.15) is 0 Å². The molecule has 1 aromatic carbocycles. The van der Waals surface area contributed by atoms with Gasteiger partial charge < -0.3 is 24.4 Å². The summed E-state index contributed by atoms with van der Waals surface area (Å²) < 4.78 is 17.7. The number of likely N-dealkylation sites (tertiary alicyclic amines) is 1. The van der Waals surface area contributed by atoms with Gasteiger partial charge >= 0.3 is 0 Å². The molecule has 1 amide bonds. The first-order valence-electron chi connectivity index (χ1n) is 15.1. The van der Waals surface area contributed by atoms with Gasteiger partial charge in [-0.05, 0) is 77.7 Å². The van der Waals surface area contributed by atoms with Crippen LogP contribution in [0.25, 0.3) is 0 Å². The summed E-state index contributed by atoms with van der Waals surface area (Å²) in [5.74, 6) is 0.685. The van der Waals surface area contributed by atoms with E-state index in [1.807, 2.05) is 18.7 Å². The highest BCUT2D eigenvalue weighted by molar-refractivity contribution is 5.94. The lowest BCUT2D eigenvalue weighted by molar-refractivity contribution is -0.0547. The molecule has 3 saturated heterocycles. The maximum absolute atomic E-state index is 13.6. The molecule has 3 fully saturated rings. The summed E-state index contributed by atoms with van der Waals surface area (Å²) in [7, 11) is 1.75. The Morgan fingerprint density at radius 2 is 1.93 bits per heavy atom. The maximum atomic E-state index is 13.6. The van der Waals surface area contributed by atoms with Crippen LogP contribution in [0.2, 0.25) is 0 Å². The molecule has 0 unspecified atom stereocenters. The second-order valence-electron chi connectivity index (χ2n) is 11.8. The van der Waals surface area contributed by atoms with E-state index in [1.165, 1.54) is 17.5 Å². The zero-order chi connectivity index (χ0) is 28.1. The molecule has 4 heterocycles. The Morgan fingerprint density at radius 3 is 2.70 bits per heavy atom. The number of hydrogen-bond donors (Lipinski definition) is 1. The molecular formula is C32H46N4O4. The van der Waals surface area contributed by atoms with Crippen molar-refractivity contribution in [1.29, 1.82) is 0 Å². The van der Waals surface area contributed by atoms with Crippen LogP contribution in [-0.2, 0) is 20.6 Å². The minimum absolute atomic E-state index is 0.0250. The van der Waals surface area contributed by atoms with Gasteiger partial charge in [-0.25, -0.2) is 9.97 Å². The van der Waals surface area contributed by atoms with E-state index in [9.17, 15) is 4.79 Å². The molecular weight excluding hydrogens is 504 g/mol. The van der Waals surface area contributed by atoms with E-state index in [4.69, 9.17) is 19.2 Å². The quantitative estimate of drug-likeness (QED) is 0.512. The number of nitrogens with one attached hydrogen (secondary N) is 1. The molecule has 0 saturated carbocycles. The Bertz CT molecular complexity index is 1150. The van der Waals surface area contributed by atoms with Gasteiger partial charge in [-0.1, -0.05) is 29.8 Å². The maximum Gasteiger partial charge on any atom is 0.272 e. The first-order chi connectivity index (χ1) is 19.4. The van der Waals surface area contributed by atoms with Crippen LogP contribution in [0.5, 0.6) is 0 Å². The Morgan fingerprint density at radius 1 is 1.10 bits per heavy atom. The number of rotatable bonds is 8. The summed E-state index contributed by atoms with van der Waals surface area (Å²) in [5, 5.41) is 3.77. The highest BCUT2D eigenvalue weighted by Crippen LogP contribution is 2.33. The molecule has 5 rings (SSSR count). The molecule has 1 aromatic heterocycles. The Kier molecular flexibility index (Phi) is 9.84. The van der Waals surface area contributed by atoms with E-state index in [-0.39, 0.29) is 24.2 Å². The highest BCUT2D eigenvalue weighted by Gasteiger charge is 2.31. The van der Waals surface area contributed by atoms with Crippen molar-refractivity contribution in [1.82, 2.24) is 20.2 Å². The van der Waals surface area contributed by atoms with Crippen LogP contribution in [0.15, 0.2) is 24.3 Å². The van der Waals surface area contributed by atoms with Crippen LogP contribution in [0.3, 0.4) is 0 Å². The van der Waals surface area contributed by atoms with Crippen molar-refractivity contribution < 1.29 is 19.0 Å². The smallest absolute Gasteiger partial charge is 0.272 e. The Labute approximate surface area is 239 Å². The van der Waals surface area contributed by atoms with Crippen LogP contribution >= 0.6 is 0 Å². The molecule has 0 bridgehead atoms. The highest BCUT2D eigenvalue weighted by atomic mass is 16.5. The SMILES string of the molecule is CO[C@H]1COCC[C@H]1NC1CCN(C(=O)c2nc(C)nc(CC[C@H]3CCC[C@@H](c4cccc(C)c4)O3)c2C)CC1. The second-order valence-corrected chi connectivity index (χ2v) is 11.8. The number of carbonyl (C=O) groups is 1. The number of aromatic nitrogens is 2. The summed E-state index contributed by atoms with van der Waals surface area (Å²) >= 11 is 0. The summed E-state index contributed by atoms with van der Waals surface area (Å²) in [6.45, 7) is 8.89. The topological polar surface area (TPSA) is 85.8 Å². The largest absolute Gasteiger partial charge is 0.379 e. The number of hydrogen-bond acceptors (Lipinski definition) is 7.